The first-order valence-electron chi connectivity index (χ1n) is 9.24. The standard InChI is InChI=1S/C18H20N2O4/c1-20-9-3-4-13(20)10-12-11-19-14-5-2-6-15(18(12)14)24-17(23)8-7-16(21)22/h2,5-8,11,13,19H,3-4,9-10H2,1H3,(H,21,22)/b8-7+/t13-/m1/s1/i1D3. The number of nitrogens with one attached hydrogen (secondary N) is 1. The zero-order valence-corrected chi connectivity index (χ0v) is 13.0. The van der Waals surface area contributed by atoms with E-state index >= 15 is 0 Å². The molecule has 1 aliphatic rings. The second-order valence-corrected chi connectivity index (χ2v) is 5.78. The van der Waals surface area contributed by atoms with E-state index in [1.165, 1.54) is 4.90 Å². The van der Waals surface area contributed by atoms with Crippen molar-refractivity contribution in [2.45, 2.75) is 25.3 Å². The molecule has 0 spiro atoms. The first kappa shape index (κ1) is 12.8. The summed E-state index contributed by atoms with van der Waals surface area (Å²) in [5, 5.41) is 9.31. The molecule has 6 nitrogen and oxygen atoms in total. The van der Waals surface area contributed by atoms with E-state index in [2.05, 4.69) is 4.98 Å². The number of benzene rings is 1. The van der Waals surface area contributed by atoms with Gasteiger partial charge < -0.3 is 19.7 Å². The fraction of sp³-hybridized carbons (Fsp3) is 0.333. The lowest BCUT2D eigenvalue weighted by Gasteiger charge is -2.19. The van der Waals surface area contributed by atoms with E-state index in [1.807, 2.05) is 6.07 Å². The van der Waals surface area contributed by atoms with Crippen molar-refractivity contribution in [3.8, 4) is 5.75 Å². The topological polar surface area (TPSA) is 82.6 Å². The summed E-state index contributed by atoms with van der Waals surface area (Å²) in [6, 6.07) is 5.06. The maximum Gasteiger partial charge on any atom is 0.336 e. The Bertz CT molecular complexity index is 888. The quantitative estimate of drug-likeness (QED) is 0.499. The van der Waals surface area contributed by atoms with Crippen molar-refractivity contribution < 1.29 is 23.5 Å². The lowest BCUT2D eigenvalue weighted by molar-refractivity contribution is -0.133. The van der Waals surface area contributed by atoms with E-state index in [0.29, 0.717) is 30.2 Å². The number of carbonyl (C=O) groups is 2. The van der Waals surface area contributed by atoms with Gasteiger partial charge in [-0.2, -0.15) is 0 Å². The lowest BCUT2D eigenvalue weighted by Crippen LogP contribution is -2.26. The Morgan fingerprint density at radius 2 is 2.38 bits per heavy atom. The molecule has 2 N–H and O–H groups in total. The van der Waals surface area contributed by atoms with E-state index in [9.17, 15) is 9.59 Å². The molecule has 1 aromatic heterocycles. The van der Waals surface area contributed by atoms with Crippen LogP contribution in [0.25, 0.3) is 10.9 Å². The number of carboxylic acid groups (broad SMARTS) is 1. The molecule has 0 saturated carbocycles. The molecule has 6 heteroatoms. The average molecular weight is 331 g/mol. The summed E-state index contributed by atoms with van der Waals surface area (Å²) in [7, 11) is 0. The van der Waals surface area contributed by atoms with Crippen molar-refractivity contribution in [1.29, 1.82) is 0 Å². The monoisotopic (exact) mass is 331 g/mol. The zero-order chi connectivity index (χ0) is 19.6. The Labute approximate surface area is 143 Å². The number of hydrogen-bond donors (Lipinski definition) is 2. The number of carboxylic acids is 1. The van der Waals surface area contributed by atoms with E-state index in [1.54, 1.807) is 18.3 Å². The predicted octanol–water partition coefficient (Wildman–Crippen LogP) is 2.35. The van der Waals surface area contributed by atoms with Crippen LogP contribution in [0.1, 0.15) is 22.5 Å². The molecule has 2 aromatic rings. The van der Waals surface area contributed by atoms with E-state index < -0.39 is 18.9 Å². The van der Waals surface area contributed by atoms with Crippen LogP contribution in [0.4, 0.5) is 0 Å². The van der Waals surface area contributed by atoms with Crippen LogP contribution in [-0.4, -0.2) is 46.5 Å². The number of fused-ring (bicyclic) bond motifs is 1. The molecule has 1 saturated heterocycles. The minimum Gasteiger partial charge on any atom is -0.478 e. The Kier molecular flexibility index (Phi) is 3.66. The van der Waals surface area contributed by atoms with Gasteiger partial charge in [-0.05, 0) is 50.5 Å². The maximum atomic E-state index is 11.9. The Morgan fingerprint density at radius 1 is 1.50 bits per heavy atom. The van der Waals surface area contributed by atoms with E-state index in [0.717, 1.165) is 30.0 Å². The molecule has 1 aromatic carbocycles. The molecule has 0 amide bonds. The van der Waals surface area contributed by atoms with Crippen molar-refractivity contribution in [3.63, 3.8) is 0 Å². The van der Waals surface area contributed by atoms with Gasteiger partial charge in [-0.15, -0.1) is 0 Å². The number of hydrogen-bond acceptors (Lipinski definition) is 4. The molecule has 1 aliphatic heterocycles. The largest absolute Gasteiger partial charge is 0.478 e. The highest BCUT2D eigenvalue weighted by Crippen LogP contribution is 2.31. The number of aromatic amines is 1. The van der Waals surface area contributed by atoms with E-state index in [4.69, 9.17) is 14.0 Å². The number of likely N-dealkylation sites (tertiary alicyclic amines) is 1. The van der Waals surface area contributed by atoms with Gasteiger partial charge in [-0.3, -0.25) is 0 Å². The second kappa shape index (κ2) is 6.88. The minimum atomic E-state index is -2.13. The van der Waals surface area contributed by atoms with Crippen LogP contribution in [0.15, 0.2) is 36.5 Å². The Hall–Kier alpha value is -2.60. The number of nitrogens with zero attached hydrogens (tertiary/aromatic N) is 1. The number of ether oxygens (including phenoxy) is 1. The van der Waals surface area contributed by atoms with Crippen molar-refractivity contribution in [3.05, 3.63) is 42.1 Å². The second-order valence-electron chi connectivity index (χ2n) is 5.78. The highest BCUT2D eigenvalue weighted by molar-refractivity contribution is 5.95. The summed E-state index contributed by atoms with van der Waals surface area (Å²) < 4.78 is 28.4. The number of rotatable bonds is 5. The van der Waals surface area contributed by atoms with Crippen molar-refractivity contribution in [2.24, 2.45) is 0 Å². The third-order valence-corrected chi connectivity index (χ3v) is 4.15. The molecule has 0 unspecified atom stereocenters. The van der Waals surface area contributed by atoms with Gasteiger partial charge in [0.1, 0.15) is 5.75 Å². The van der Waals surface area contributed by atoms with Gasteiger partial charge in [0.05, 0.1) is 0 Å². The first-order chi connectivity index (χ1) is 12.8. The summed E-state index contributed by atoms with van der Waals surface area (Å²) in [5.74, 6) is -1.72. The zero-order valence-electron chi connectivity index (χ0n) is 16.0. The molecule has 1 fully saturated rings. The first-order valence-corrected chi connectivity index (χ1v) is 7.74. The summed E-state index contributed by atoms with van der Waals surface area (Å²) in [6.45, 7) is -1.60. The van der Waals surface area contributed by atoms with Crippen LogP contribution < -0.4 is 4.74 Å². The molecule has 3 rings (SSSR count). The smallest absolute Gasteiger partial charge is 0.336 e. The van der Waals surface area contributed by atoms with Crippen LogP contribution in [-0.2, 0) is 16.0 Å². The van der Waals surface area contributed by atoms with Crippen molar-refractivity contribution in [1.82, 2.24) is 9.88 Å². The van der Waals surface area contributed by atoms with Gasteiger partial charge >= 0.3 is 11.9 Å². The molecule has 126 valence electrons. The van der Waals surface area contributed by atoms with Gasteiger partial charge in [0, 0.05) is 39.4 Å². The molecule has 2 heterocycles. The molecule has 1 atom stereocenters. The number of esters is 1. The Morgan fingerprint density at radius 3 is 3.17 bits per heavy atom. The molecular weight excluding hydrogens is 308 g/mol. The third-order valence-electron chi connectivity index (χ3n) is 4.15. The number of likely N-dealkylation sites (N-methyl/N-ethyl adjacent to an activating group) is 1. The van der Waals surface area contributed by atoms with Gasteiger partial charge in [0.2, 0.25) is 0 Å². The van der Waals surface area contributed by atoms with Crippen LogP contribution in [0, 0.1) is 0 Å². The van der Waals surface area contributed by atoms with Crippen LogP contribution in [0.2, 0.25) is 0 Å². The van der Waals surface area contributed by atoms with Crippen LogP contribution in [0.3, 0.4) is 0 Å². The van der Waals surface area contributed by atoms with Gasteiger partial charge in [0.25, 0.3) is 0 Å². The molecule has 0 aliphatic carbocycles. The van der Waals surface area contributed by atoms with Crippen LogP contribution in [0.5, 0.6) is 5.75 Å². The van der Waals surface area contributed by atoms with Gasteiger partial charge in [0.15, 0.2) is 0 Å². The molecular formula is C18H20N2O4. The summed E-state index contributed by atoms with van der Waals surface area (Å²) in [4.78, 5) is 27.0. The normalized spacial score (nSPS) is 20.8. The fourth-order valence-electron chi connectivity index (χ4n) is 3.05. The fourth-order valence-corrected chi connectivity index (χ4v) is 3.05. The Balaban J connectivity index is 1.87. The number of H-pyrrole nitrogens is 1. The molecule has 24 heavy (non-hydrogen) atoms. The SMILES string of the molecule is [2H]C([2H])([2H])N1CCC[C@@H]1Cc1c[nH]c2cccc(OC(=O)/C=C/C(=O)O)c12. The number of aromatic nitrogens is 1. The van der Waals surface area contributed by atoms with Crippen LogP contribution >= 0.6 is 0 Å². The van der Waals surface area contributed by atoms with Gasteiger partial charge in [-0.25, -0.2) is 9.59 Å². The van der Waals surface area contributed by atoms with Crippen molar-refractivity contribution >= 4 is 22.8 Å². The average Bonchev–Trinajstić information content (AvgIpc) is 3.21. The molecule has 0 bridgehead atoms. The summed E-state index contributed by atoms with van der Waals surface area (Å²) in [6.07, 6.45) is 5.48. The van der Waals surface area contributed by atoms with E-state index in [-0.39, 0.29) is 6.04 Å². The third kappa shape index (κ3) is 3.49. The highest BCUT2D eigenvalue weighted by Gasteiger charge is 2.23. The number of carbonyl (C=O) groups excluding carboxylic acids is 1. The predicted molar refractivity (Wildman–Crippen MR) is 90.1 cm³/mol. The van der Waals surface area contributed by atoms with Crippen molar-refractivity contribution in [2.75, 3.05) is 13.5 Å². The maximum absolute atomic E-state index is 11.9. The highest BCUT2D eigenvalue weighted by atomic mass is 16.5. The minimum absolute atomic E-state index is 0.118. The van der Waals surface area contributed by atoms with Gasteiger partial charge in [-0.1, -0.05) is 6.07 Å². The summed E-state index contributed by atoms with van der Waals surface area (Å²) in [5.41, 5.74) is 1.62. The summed E-state index contributed by atoms with van der Waals surface area (Å²) >= 11 is 0. The lowest BCUT2D eigenvalue weighted by atomic mass is 10.0. The number of aliphatic carboxylic acids is 1. The molecule has 0 radical (unpaired) electrons.